The smallest absolute Gasteiger partial charge is 0.238 e. The number of hydrogen-bond donors (Lipinski definition) is 1. The largest absolute Gasteiger partial charge is 0.326 e. The van der Waals surface area contributed by atoms with Crippen LogP contribution < -0.4 is 10.2 Å². The van der Waals surface area contributed by atoms with Crippen molar-refractivity contribution in [3.05, 3.63) is 59.4 Å². The zero-order valence-corrected chi connectivity index (χ0v) is 17.0. The first-order chi connectivity index (χ1) is 13.5. The monoisotopic (exact) mass is 400 g/mol. The molecule has 3 rings (SSSR count). The van der Waals surface area contributed by atoms with E-state index in [1.807, 2.05) is 24.3 Å². The minimum atomic E-state index is -0.325. The van der Waals surface area contributed by atoms with Crippen molar-refractivity contribution in [3.8, 4) is 0 Å². The van der Waals surface area contributed by atoms with Crippen LogP contribution in [0.1, 0.15) is 49.1 Å². The van der Waals surface area contributed by atoms with Crippen molar-refractivity contribution in [2.45, 2.75) is 44.9 Å². The van der Waals surface area contributed by atoms with Crippen LogP contribution in [0.15, 0.2) is 42.5 Å². The van der Waals surface area contributed by atoms with Crippen LogP contribution in [0.3, 0.4) is 0 Å². The lowest BCUT2D eigenvalue weighted by molar-refractivity contribution is -0.117. The summed E-state index contributed by atoms with van der Waals surface area (Å²) in [5.74, 6) is -0.0344. The van der Waals surface area contributed by atoms with E-state index in [0.717, 1.165) is 24.8 Å². The van der Waals surface area contributed by atoms with Gasteiger partial charge >= 0.3 is 0 Å². The van der Waals surface area contributed by atoms with Crippen LogP contribution in [0.25, 0.3) is 0 Å². The Morgan fingerprint density at radius 2 is 2.07 bits per heavy atom. The van der Waals surface area contributed by atoms with Gasteiger partial charge in [0, 0.05) is 17.8 Å². The highest BCUT2D eigenvalue weighted by atomic mass is 32.2. The first-order valence-corrected chi connectivity index (χ1v) is 10.6. The number of thioether (sulfide) groups is 1. The van der Waals surface area contributed by atoms with E-state index in [-0.39, 0.29) is 23.0 Å². The molecule has 1 fully saturated rings. The van der Waals surface area contributed by atoms with E-state index < -0.39 is 0 Å². The van der Waals surface area contributed by atoms with Crippen molar-refractivity contribution in [2.75, 3.05) is 16.0 Å². The van der Waals surface area contributed by atoms with E-state index in [1.54, 1.807) is 24.0 Å². The molecule has 0 aliphatic carbocycles. The van der Waals surface area contributed by atoms with Gasteiger partial charge in [0.05, 0.1) is 5.75 Å². The van der Waals surface area contributed by atoms with Crippen LogP contribution in [0.5, 0.6) is 0 Å². The Hall–Kier alpha value is -2.34. The fourth-order valence-electron chi connectivity index (χ4n) is 3.21. The van der Waals surface area contributed by atoms with E-state index in [0.29, 0.717) is 29.1 Å². The zero-order chi connectivity index (χ0) is 20.1. The number of aryl methyl sites for hydroxylation is 1. The van der Waals surface area contributed by atoms with Crippen molar-refractivity contribution in [3.63, 3.8) is 0 Å². The van der Waals surface area contributed by atoms with Gasteiger partial charge in [-0.05, 0) is 48.7 Å². The minimum Gasteiger partial charge on any atom is -0.326 e. The maximum absolute atomic E-state index is 14.0. The predicted octanol–water partition coefficient (Wildman–Crippen LogP) is 5.43. The highest BCUT2D eigenvalue weighted by molar-refractivity contribution is 8.00. The summed E-state index contributed by atoms with van der Waals surface area (Å²) in [6.45, 7) is 3.80. The molecule has 1 heterocycles. The Morgan fingerprint density at radius 3 is 2.82 bits per heavy atom. The molecule has 28 heavy (non-hydrogen) atoms. The van der Waals surface area contributed by atoms with Crippen molar-refractivity contribution in [1.29, 1.82) is 0 Å². The van der Waals surface area contributed by atoms with Gasteiger partial charge in [0.25, 0.3) is 0 Å². The summed E-state index contributed by atoms with van der Waals surface area (Å²) in [6.07, 6.45) is 3.49. The van der Waals surface area contributed by atoms with E-state index in [9.17, 15) is 14.0 Å². The molecule has 1 N–H and O–H groups in total. The van der Waals surface area contributed by atoms with E-state index >= 15 is 0 Å². The number of nitrogens with one attached hydrogen (secondary N) is 1. The molecule has 1 aliphatic heterocycles. The minimum absolute atomic E-state index is 0.00165. The SMILES string of the molecule is CCCCCC(=O)Nc1cccc([C@@H]2SCC(=O)N2c2ccc(C)c(F)c2)c1. The second kappa shape index (κ2) is 9.24. The van der Waals surface area contributed by atoms with Gasteiger partial charge in [0.15, 0.2) is 0 Å². The van der Waals surface area contributed by atoms with Gasteiger partial charge in [0.2, 0.25) is 11.8 Å². The first-order valence-electron chi connectivity index (χ1n) is 9.59. The quantitative estimate of drug-likeness (QED) is 0.630. The Morgan fingerprint density at radius 1 is 1.25 bits per heavy atom. The Kier molecular flexibility index (Phi) is 6.73. The van der Waals surface area contributed by atoms with Gasteiger partial charge in [-0.25, -0.2) is 4.39 Å². The molecule has 0 unspecified atom stereocenters. The molecule has 6 heteroatoms. The highest BCUT2D eigenvalue weighted by Crippen LogP contribution is 2.42. The fraction of sp³-hybridized carbons (Fsp3) is 0.364. The van der Waals surface area contributed by atoms with Crippen molar-refractivity contribution in [1.82, 2.24) is 0 Å². The van der Waals surface area contributed by atoms with Crippen molar-refractivity contribution >= 4 is 35.0 Å². The van der Waals surface area contributed by atoms with Crippen molar-refractivity contribution in [2.24, 2.45) is 0 Å². The molecule has 0 saturated carbocycles. The number of anilines is 2. The van der Waals surface area contributed by atoms with E-state index in [1.165, 1.54) is 17.8 Å². The summed E-state index contributed by atoms with van der Waals surface area (Å²) in [5.41, 5.74) is 2.72. The summed E-state index contributed by atoms with van der Waals surface area (Å²) in [7, 11) is 0. The lowest BCUT2D eigenvalue weighted by Gasteiger charge is -2.25. The molecule has 1 saturated heterocycles. The normalized spacial score (nSPS) is 16.5. The Labute approximate surface area is 169 Å². The van der Waals surface area contributed by atoms with E-state index in [4.69, 9.17) is 0 Å². The first kappa shape index (κ1) is 20.4. The number of benzene rings is 2. The average molecular weight is 401 g/mol. The van der Waals surface area contributed by atoms with Crippen LogP contribution in [0.2, 0.25) is 0 Å². The van der Waals surface area contributed by atoms with Crippen LogP contribution in [-0.2, 0) is 9.59 Å². The molecule has 0 spiro atoms. The number of nitrogens with zero attached hydrogens (tertiary/aromatic N) is 1. The summed E-state index contributed by atoms with van der Waals surface area (Å²) < 4.78 is 14.0. The maximum Gasteiger partial charge on any atom is 0.238 e. The number of carbonyl (C=O) groups is 2. The maximum atomic E-state index is 14.0. The molecular weight excluding hydrogens is 375 g/mol. The summed E-state index contributed by atoms with van der Waals surface area (Å²) in [4.78, 5) is 26.2. The molecule has 2 amide bonds. The number of unbranched alkanes of at least 4 members (excludes halogenated alkanes) is 2. The number of halogens is 1. The molecule has 1 atom stereocenters. The topological polar surface area (TPSA) is 49.4 Å². The van der Waals surface area contributed by atoms with Crippen LogP contribution in [-0.4, -0.2) is 17.6 Å². The lowest BCUT2D eigenvalue weighted by Crippen LogP contribution is -2.28. The third-order valence-corrected chi connectivity index (χ3v) is 5.98. The second-order valence-electron chi connectivity index (χ2n) is 6.99. The number of carbonyl (C=O) groups excluding carboxylic acids is 2. The molecular formula is C22H25FN2O2S. The van der Waals surface area contributed by atoms with Gasteiger partial charge in [0.1, 0.15) is 11.2 Å². The molecule has 148 valence electrons. The van der Waals surface area contributed by atoms with Crippen LogP contribution in [0.4, 0.5) is 15.8 Å². The zero-order valence-electron chi connectivity index (χ0n) is 16.2. The molecule has 0 bridgehead atoms. The van der Waals surface area contributed by atoms with Crippen molar-refractivity contribution < 1.29 is 14.0 Å². The molecule has 1 aliphatic rings. The standard InChI is InChI=1S/C22H25FN2O2S/c1-3-4-5-9-20(26)24-17-8-6-7-16(12-17)22-25(21(27)14-28-22)18-11-10-15(2)19(23)13-18/h6-8,10-13,22H,3-5,9,14H2,1-2H3,(H,24,26)/t22-/m0/s1. The molecule has 4 nitrogen and oxygen atoms in total. The van der Waals surface area contributed by atoms with Crippen LogP contribution >= 0.6 is 11.8 Å². The van der Waals surface area contributed by atoms with Gasteiger partial charge in [-0.1, -0.05) is 38.0 Å². The van der Waals surface area contributed by atoms with Gasteiger partial charge in [-0.15, -0.1) is 11.8 Å². The highest BCUT2D eigenvalue weighted by Gasteiger charge is 2.34. The summed E-state index contributed by atoms with van der Waals surface area (Å²) in [5, 5.41) is 2.69. The molecule has 2 aromatic carbocycles. The Bertz CT molecular complexity index is 871. The molecule has 2 aromatic rings. The summed E-state index contributed by atoms with van der Waals surface area (Å²) in [6, 6.07) is 12.4. The van der Waals surface area contributed by atoms with Gasteiger partial charge < -0.3 is 5.32 Å². The lowest BCUT2D eigenvalue weighted by atomic mass is 10.1. The predicted molar refractivity (Wildman–Crippen MR) is 113 cm³/mol. The van der Waals surface area contributed by atoms with E-state index in [2.05, 4.69) is 12.2 Å². The summed E-state index contributed by atoms with van der Waals surface area (Å²) >= 11 is 1.50. The number of amides is 2. The van der Waals surface area contributed by atoms with Gasteiger partial charge in [-0.3, -0.25) is 14.5 Å². The molecule has 0 radical (unpaired) electrons. The van der Waals surface area contributed by atoms with Crippen LogP contribution in [0, 0.1) is 12.7 Å². The second-order valence-corrected chi connectivity index (χ2v) is 8.06. The molecule has 0 aromatic heterocycles. The fourth-order valence-corrected chi connectivity index (χ4v) is 4.38. The number of hydrogen-bond acceptors (Lipinski definition) is 3. The number of rotatable bonds is 7. The third-order valence-electron chi connectivity index (χ3n) is 4.76. The Balaban J connectivity index is 1.79. The van der Waals surface area contributed by atoms with Gasteiger partial charge in [-0.2, -0.15) is 0 Å². The third kappa shape index (κ3) is 4.73. The average Bonchev–Trinajstić information content (AvgIpc) is 3.06.